The number of piperidine rings is 1. The highest BCUT2D eigenvalue weighted by molar-refractivity contribution is 4.87. The van der Waals surface area contributed by atoms with E-state index in [1.807, 2.05) is 0 Å². The van der Waals surface area contributed by atoms with Crippen LogP contribution in [0.2, 0.25) is 0 Å². The molecule has 2 heteroatoms. The Hall–Kier alpha value is -0.0800. The molecule has 0 N–H and O–H groups in total. The lowest BCUT2D eigenvalue weighted by Gasteiger charge is -2.43. The summed E-state index contributed by atoms with van der Waals surface area (Å²) in [7, 11) is 0. The fourth-order valence-corrected chi connectivity index (χ4v) is 2.23. The van der Waals surface area contributed by atoms with Gasteiger partial charge in [-0.25, -0.2) is 0 Å². The number of nitrogens with zero attached hydrogens (tertiary/aromatic N) is 1. The average Bonchev–Trinajstić information content (AvgIpc) is 2.08. The Balaban J connectivity index is 2.51. The van der Waals surface area contributed by atoms with E-state index in [0.29, 0.717) is 11.5 Å². The molecule has 1 aliphatic rings. The summed E-state index contributed by atoms with van der Waals surface area (Å²) in [6.45, 7) is 13.3. The zero-order valence-electron chi connectivity index (χ0n) is 9.47. The minimum absolute atomic E-state index is 0.324. The van der Waals surface area contributed by atoms with Crippen molar-refractivity contribution in [1.29, 1.82) is 0 Å². The lowest BCUT2D eigenvalue weighted by molar-refractivity contribution is -0.0679. The van der Waals surface area contributed by atoms with Crippen molar-refractivity contribution in [2.75, 3.05) is 26.2 Å². The summed E-state index contributed by atoms with van der Waals surface area (Å²) in [5.74, 6) is 0. The summed E-state index contributed by atoms with van der Waals surface area (Å²) in [6, 6.07) is 0. The molecule has 0 aliphatic carbocycles. The summed E-state index contributed by atoms with van der Waals surface area (Å²) in [5.41, 5.74) is 0.324. The van der Waals surface area contributed by atoms with Gasteiger partial charge >= 0.3 is 0 Å². The third-order valence-corrected chi connectivity index (χ3v) is 3.03. The summed E-state index contributed by atoms with van der Waals surface area (Å²) in [5, 5.41) is 0. The van der Waals surface area contributed by atoms with E-state index in [1.54, 1.807) is 0 Å². The predicted octanol–water partition coefficient (Wildman–Crippen LogP) is 2.14. The number of likely N-dealkylation sites (tertiary alicyclic amines) is 1. The third-order valence-electron chi connectivity index (χ3n) is 3.03. The van der Waals surface area contributed by atoms with Crippen molar-refractivity contribution < 1.29 is 4.74 Å². The molecular formula is C11H23NO. The molecule has 0 bridgehead atoms. The van der Waals surface area contributed by atoms with Crippen molar-refractivity contribution in [3.63, 3.8) is 0 Å². The van der Waals surface area contributed by atoms with Gasteiger partial charge in [-0.1, -0.05) is 20.8 Å². The predicted molar refractivity (Wildman–Crippen MR) is 55.9 cm³/mol. The highest BCUT2D eigenvalue weighted by Gasteiger charge is 2.35. The molecule has 2 nitrogen and oxygen atoms in total. The highest BCUT2D eigenvalue weighted by Crippen LogP contribution is 2.31. The Kier molecular flexibility index (Phi) is 3.74. The first-order valence-electron chi connectivity index (χ1n) is 5.44. The molecule has 13 heavy (non-hydrogen) atoms. The van der Waals surface area contributed by atoms with E-state index < -0.39 is 0 Å². The van der Waals surface area contributed by atoms with Gasteiger partial charge < -0.3 is 9.64 Å². The van der Waals surface area contributed by atoms with Gasteiger partial charge in [-0.05, 0) is 19.9 Å². The summed E-state index contributed by atoms with van der Waals surface area (Å²) in [4.78, 5) is 2.51. The van der Waals surface area contributed by atoms with Gasteiger partial charge in [0, 0.05) is 25.1 Å². The molecule has 78 valence electrons. The van der Waals surface area contributed by atoms with Crippen LogP contribution in [-0.2, 0) is 4.74 Å². The van der Waals surface area contributed by atoms with Crippen LogP contribution in [0.1, 0.15) is 34.1 Å². The third kappa shape index (κ3) is 2.68. The van der Waals surface area contributed by atoms with Crippen LogP contribution >= 0.6 is 0 Å². The van der Waals surface area contributed by atoms with Crippen LogP contribution in [0.15, 0.2) is 0 Å². The Morgan fingerprint density at radius 1 is 1.38 bits per heavy atom. The highest BCUT2D eigenvalue weighted by atomic mass is 16.5. The minimum atomic E-state index is 0.324. The van der Waals surface area contributed by atoms with Gasteiger partial charge in [0.15, 0.2) is 0 Å². The molecule has 0 aromatic heterocycles. The van der Waals surface area contributed by atoms with Crippen LogP contribution < -0.4 is 0 Å². The van der Waals surface area contributed by atoms with Crippen LogP contribution in [-0.4, -0.2) is 37.2 Å². The molecule has 1 unspecified atom stereocenters. The molecule has 0 radical (unpaired) electrons. The molecule has 1 fully saturated rings. The first-order chi connectivity index (χ1) is 6.10. The van der Waals surface area contributed by atoms with Crippen LogP contribution in [0.25, 0.3) is 0 Å². The molecule has 0 amide bonds. The lowest BCUT2D eigenvalue weighted by Crippen LogP contribution is -2.49. The number of rotatable bonds is 3. The van der Waals surface area contributed by atoms with Crippen molar-refractivity contribution in [2.24, 2.45) is 5.41 Å². The molecule has 0 aromatic rings. The second kappa shape index (κ2) is 4.43. The van der Waals surface area contributed by atoms with Gasteiger partial charge in [0.05, 0.1) is 6.10 Å². The van der Waals surface area contributed by atoms with Crippen LogP contribution in [0.4, 0.5) is 0 Å². The normalized spacial score (nSPS) is 29.1. The van der Waals surface area contributed by atoms with Crippen molar-refractivity contribution in [2.45, 2.75) is 40.2 Å². The van der Waals surface area contributed by atoms with E-state index in [-0.39, 0.29) is 0 Å². The van der Waals surface area contributed by atoms with E-state index in [9.17, 15) is 0 Å². The fraction of sp³-hybridized carbons (Fsp3) is 1.00. The SMILES string of the molecule is CCOC1CCN(CC)CC1(C)C. The summed E-state index contributed by atoms with van der Waals surface area (Å²) >= 11 is 0. The van der Waals surface area contributed by atoms with Crippen LogP contribution in [0, 0.1) is 5.41 Å². The zero-order chi connectivity index (χ0) is 9.90. The quantitative estimate of drug-likeness (QED) is 0.668. The van der Waals surface area contributed by atoms with Crippen LogP contribution in [0.5, 0.6) is 0 Å². The molecule has 0 saturated carbocycles. The largest absolute Gasteiger partial charge is 0.378 e. The van der Waals surface area contributed by atoms with E-state index in [4.69, 9.17) is 4.74 Å². The standard InChI is InChI=1S/C11H23NO/c1-5-12-8-7-10(13-6-2)11(3,4)9-12/h10H,5-9H2,1-4H3. The molecule has 1 atom stereocenters. The lowest BCUT2D eigenvalue weighted by atomic mass is 9.81. The van der Waals surface area contributed by atoms with E-state index >= 15 is 0 Å². The monoisotopic (exact) mass is 185 g/mol. The Morgan fingerprint density at radius 2 is 2.08 bits per heavy atom. The minimum Gasteiger partial charge on any atom is -0.378 e. The number of hydrogen-bond donors (Lipinski definition) is 0. The Bertz CT molecular complexity index is 156. The average molecular weight is 185 g/mol. The number of hydrogen-bond acceptors (Lipinski definition) is 2. The van der Waals surface area contributed by atoms with Crippen molar-refractivity contribution in [3.8, 4) is 0 Å². The van der Waals surface area contributed by atoms with Gasteiger partial charge in [0.25, 0.3) is 0 Å². The molecule has 0 spiro atoms. The summed E-state index contributed by atoms with van der Waals surface area (Å²) in [6.07, 6.45) is 1.65. The van der Waals surface area contributed by atoms with Crippen molar-refractivity contribution in [1.82, 2.24) is 4.90 Å². The maximum Gasteiger partial charge on any atom is 0.0650 e. The Labute approximate surface area is 82.3 Å². The Morgan fingerprint density at radius 3 is 2.54 bits per heavy atom. The van der Waals surface area contributed by atoms with Gasteiger partial charge in [0.1, 0.15) is 0 Å². The fourth-order valence-electron chi connectivity index (χ4n) is 2.23. The van der Waals surface area contributed by atoms with Gasteiger partial charge in [-0.2, -0.15) is 0 Å². The van der Waals surface area contributed by atoms with Gasteiger partial charge in [0.2, 0.25) is 0 Å². The smallest absolute Gasteiger partial charge is 0.0650 e. The van der Waals surface area contributed by atoms with Gasteiger partial charge in [-0.15, -0.1) is 0 Å². The first-order valence-corrected chi connectivity index (χ1v) is 5.44. The number of ether oxygens (including phenoxy) is 1. The van der Waals surface area contributed by atoms with Crippen molar-refractivity contribution >= 4 is 0 Å². The van der Waals surface area contributed by atoms with E-state index in [0.717, 1.165) is 6.61 Å². The van der Waals surface area contributed by atoms with Crippen LogP contribution in [0.3, 0.4) is 0 Å². The second-order valence-corrected chi connectivity index (χ2v) is 4.59. The second-order valence-electron chi connectivity index (χ2n) is 4.59. The van der Waals surface area contributed by atoms with Gasteiger partial charge in [-0.3, -0.25) is 0 Å². The molecule has 1 saturated heterocycles. The maximum atomic E-state index is 5.76. The maximum absolute atomic E-state index is 5.76. The van der Waals surface area contributed by atoms with E-state index in [1.165, 1.54) is 26.1 Å². The molecule has 1 aliphatic heterocycles. The summed E-state index contributed by atoms with van der Waals surface area (Å²) < 4.78 is 5.76. The molecule has 1 rings (SSSR count). The topological polar surface area (TPSA) is 12.5 Å². The molecule has 1 heterocycles. The molecular weight excluding hydrogens is 162 g/mol. The van der Waals surface area contributed by atoms with Crippen molar-refractivity contribution in [3.05, 3.63) is 0 Å². The zero-order valence-corrected chi connectivity index (χ0v) is 9.47. The molecule has 0 aromatic carbocycles. The van der Waals surface area contributed by atoms with E-state index in [2.05, 4.69) is 32.6 Å². The first kappa shape index (κ1) is 11.0.